The molecule has 1 aliphatic heterocycles. The van der Waals surface area contributed by atoms with E-state index in [-0.39, 0.29) is 12.1 Å². The molecular weight excluding hydrogens is 230 g/mol. The maximum absolute atomic E-state index is 11.4. The summed E-state index contributed by atoms with van der Waals surface area (Å²) >= 11 is 0. The average molecular weight is 243 g/mol. The van der Waals surface area contributed by atoms with Gasteiger partial charge < -0.3 is 14.5 Å². The quantitative estimate of drug-likeness (QED) is 0.901. The maximum Gasteiger partial charge on any atom is 0.408 e. The molecule has 1 saturated heterocycles. The van der Waals surface area contributed by atoms with E-state index < -0.39 is 6.09 Å². The molecule has 1 amide bonds. The van der Waals surface area contributed by atoms with Crippen molar-refractivity contribution in [3.8, 4) is 0 Å². The molecule has 0 bridgehead atoms. The summed E-state index contributed by atoms with van der Waals surface area (Å²) in [7, 11) is 0. The summed E-state index contributed by atoms with van der Waals surface area (Å²) in [5, 5.41) is 2.82. The third kappa shape index (κ3) is 2.09. The van der Waals surface area contributed by atoms with Gasteiger partial charge in [-0.25, -0.2) is 4.79 Å². The van der Waals surface area contributed by atoms with Crippen LogP contribution in [0.2, 0.25) is 0 Å². The van der Waals surface area contributed by atoms with Crippen LogP contribution in [0.25, 0.3) is 0 Å². The molecule has 1 N–H and O–H groups in total. The fourth-order valence-electron chi connectivity index (χ4n) is 2.19. The van der Waals surface area contributed by atoms with Crippen molar-refractivity contribution in [1.29, 1.82) is 0 Å². The molecule has 0 radical (unpaired) electrons. The second-order valence-corrected chi connectivity index (χ2v) is 4.28. The Balaban J connectivity index is 1.80. The summed E-state index contributed by atoms with van der Waals surface area (Å²) in [5.41, 5.74) is 1.16. The highest BCUT2D eigenvalue weighted by Crippen LogP contribution is 2.28. The topological polar surface area (TPSA) is 51.5 Å². The predicted octanol–water partition coefficient (Wildman–Crippen LogP) is 2.67. The molecule has 4 heteroatoms. The van der Waals surface area contributed by atoms with E-state index in [4.69, 9.17) is 9.15 Å². The zero-order valence-corrected chi connectivity index (χ0v) is 9.71. The van der Waals surface area contributed by atoms with E-state index in [0.717, 1.165) is 12.0 Å². The third-order valence-electron chi connectivity index (χ3n) is 3.02. The number of alkyl carbamates (subject to hydrolysis) is 1. The van der Waals surface area contributed by atoms with Crippen molar-refractivity contribution in [2.75, 3.05) is 0 Å². The number of hydrogen-bond acceptors (Lipinski definition) is 3. The first-order valence-corrected chi connectivity index (χ1v) is 5.87. The lowest BCUT2D eigenvalue weighted by atomic mass is 10.0. The number of benzene rings is 1. The van der Waals surface area contributed by atoms with E-state index in [1.807, 2.05) is 36.4 Å². The van der Waals surface area contributed by atoms with Crippen molar-refractivity contribution in [2.45, 2.75) is 18.6 Å². The molecular formula is C14H13NO3. The largest absolute Gasteiger partial charge is 0.465 e. The van der Waals surface area contributed by atoms with Crippen LogP contribution in [0.3, 0.4) is 0 Å². The van der Waals surface area contributed by atoms with E-state index in [0.29, 0.717) is 5.76 Å². The van der Waals surface area contributed by atoms with Gasteiger partial charge in [-0.3, -0.25) is 0 Å². The van der Waals surface area contributed by atoms with Crippen molar-refractivity contribution >= 4 is 6.09 Å². The number of rotatable bonds is 3. The average Bonchev–Trinajstić information content (AvgIpc) is 3.00. The Labute approximate surface area is 105 Å². The molecule has 92 valence electrons. The molecule has 0 aliphatic carbocycles. The number of carbonyl (C=O) groups excluding carboxylic acids is 1. The second kappa shape index (κ2) is 4.56. The van der Waals surface area contributed by atoms with E-state index in [2.05, 4.69) is 5.32 Å². The first-order valence-electron chi connectivity index (χ1n) is 5.87. The molecule has 18 heavy (non-hydrogen) atoms. The molecule has 1 fully saturated rings. The Morgan fingerprint density at radius 2 is 1.94 bits per heavy atom. The minimum absolute atomic E-state index is 0.0916. The highest BCUT2D eigenvalue weighted by molar-refractivity contribution is 5.70. The monoisotopic (exact) mass is 243 g/mol. The van der Waals surface area contributed by atoms with Gasteiger partial charge in [0.2, 0.25) is 0 Å². The van der Waals surface area contributed by atoms with Crippen LogP contribution in [-0.4, -0.2) is 12.1 Å². The predicted molar refractivity (Wildman–Crippen MR) is 65.0 cm³/mol. The summed E-state index contributed by atoms with van der Waals surface area (Å²) in [4.78, 5) is 11.4. The van der Waals surface area contributed by atoms with Gasteiger partial charge >= 0.3 is 6.09 Å². The lowest BCUT2D eigenvalue weighted by Gasteiger charge is -2.14. The van der Waals surface area contributed by atoms with Crippen LogP contribution in [0.5, 0.6) is 0 Å². The van der Waals surface area contributed by atoms with Gasteiger partial charge in [-0.1, -0.05) is 30.3 Å². The van der Waals surface area contributed by atoms with Crippen LogP contribution in [0, 0.1) is 0 Å². The summed E-state index contributed by atoms with van der Waals surface area (Å²) in [5.74, 6) is 0.675. The minimum atomic E-state index is -0.391. The SMILES string of the molecule is O=C1NC(Cc2ccccc2)C(c2ccco2)O1. The number of furan rings is 1. The molecule has 0 spiro atoms. The summed E-state index contributed by atoms with van der Waals surface area (Å²) < 4.78 is 10.6. The van der Waals surface area contributed by atoms with E-state index in [1.165, 1.54) is 0 Å². The Hall–Kier alpha value is -2.23. The smallest absolute Gasteiger partial charge is 0.408 e. The second-order valence-electron chi connectivity index (χ2n) is 4.28. The van der Waals surface area contributed by atoms with Crippen LogP contribution in [0.4, 0.5) is 4.79 Å². The maximum atomic E-state index is 11.4. The van der Waals surface area contributed by atoms with Gasteiger partial charge in [0, 0.05) is 0 Å². The summed E-state index contributed by atoms with van der Waals surface area (Å²) in [6.45, 7) is 0. The highest BCUT2D eigenvalue weighted by Gasteiger charge is 2.36. The standard InChI is InChI=1S/C14H13NO3/c16-14-15-11(9-10-5-2-1-3-6-10)13(18-14)12-7-4-8-17-12/h1-8,11,13H,9H2,(H,15,16). The van der Waals surface area contributed by atoms with Crippen molar-refractivity contribution in [3.63, 3.8) is 0 Å². The molecule has 2 heterocycles. The van der Waals surface area contributed by atoms with Crippen LogP contribution >= 0.6 is 0 Å². The van der Waals surface area contributed by atoms with Crippen LogP contribution in [0.1, 0.15) is 17.4 Å². The van der Waals surface area contributed by atoms with Crippen molar-refractivity contribution < 1.29 is 13.9 Å². The van der Waals surface area contributed by atoms with Crippen LogP contribution in [0.15, 0.2) is 53.1 Å². The number of amides is 1. The third-order valence-corrected chi connectivity index (χ3v) is 3.02. The van der Waals surface area contributed by atoms with Gasteiger partial charge in [-0.05, 0) is 24.1 Å². The van der Waals surface area contributed by atoms with Gasteiger partial charge in [-0.15, -0.1) is 0 Å². The molecule has 2 atom stereocenters. The normalized spacial score (nSPS) is 22.6. The molecule has 1 aromatic carbocycles. The van der Waals surface area contributed by atoms with Gasteiger partial charge in [0.05, 0.1) is 12.3 Å². The Bertz CT molecular complexity index is 521. The summed E-state index contributed by atoms with van der Waals surface area (Å²) in [6, 6.07) is 13.5. The molecule has 1 aromatic heterocycles. The highest BCUT2D eigenvalue weighted by atomic mass is 16.6. The molecule has 2 aromatic rings. The fraction of sp³-hybridized carbons (Fsp3) is 0.214. The summed E-state index contributed by atoms with van der Waals surface area (Å²) in [6.07, 6.45) is 1.56. The number of carbonyl (C=O) groups is 1. The number of nitrogens with one attached hydrogen (secondary N) is 1. The number of cyclic esters (lactones) is 1. The van der Waals surface area contributed by atoms with Crippen molar-refractivity contribution in [1.82, 2.24) is 5.32 Å². The molecule has 4 nitrogen and oxygen atoms in total. The molecule has 3 rings (SSSR count). The van der Waals surface area contributed by atoms with E-state index in [9.17, 15) is 4.79 Å². The van der Waals surface area contributed by atoms with Crippen LogP contribution in [-0.2, 0) is 11.2 Å². The first-order chi connectivity index (χ1) is 8.83. The Morgan fingerprint density at radius 3 is 2.67 bits per heavy atom. The Morgan fingerprint density at radius 1 is 1.11 bits per heavy atom. The van der Waals surface area contributed by atoms with Crippen molar-refractivity contribution in [3.05, 3.63) is 60.1 Å². The van der Waals surface area contributed by atoms with Crippen LogP contribution < -0.4 is 5.32 Å². The molecule has 2 unspecified atom stereocenters. The number of ether oxygens (including phenoxy) is 1. The lowest BCUT2D eigenvalue weighted by Crippen LogP contribution is -2.29. The Kier molecular flexibility index (Phi) is 2.76. The van der Waals surface area contributed by atoms with E-state index in [1.54, 1.807) is 12.3 Å². The zero-order valence-electron chi connectivity index (χ0n) is 9.71. The van der Waals surface area contributed by atoms with Gasteiger partial charge in [0.15, 0.2) is 6.10 Å². The minimum Gasteiger partial charge on any atom is -0.465 e. The zero-order chi connectivity index (χ0) is 12.4. The lowest BCUT2D eigenvalue weighted by molar-refractivity contribution is 0.117. The fourth-order valence-corrected chi connectivity index (χ4v) is 2.19. The molecule has 0 saturated carbocycles. The van der Waals surface area contributed by atoms with Crippen molar-refractivity contribution in [2.24, 2.45) is 0 Å². The molecule has 1 aliphatic rings. The number of hydrogen-bond donors (Lipinski definition) is 1. The van der Waals surface area contributed by atoms with Gasteiger partial charge in [-0.2, -0.15) is 0 Å². The van der Waals surface area contributed by atoms with E-state index >= 15 is 0 Å². The van der Waals surface area contributed by atoms with Gasteiger partial charge in [0.25, 0.3) is 0 Å². The van der Waals surface area contributed by atoms with Gasteiger partial charge in [0.1, 0.15) is 5.76 Å². The first kappa shape index (κ1) is 10.9.